The van der Waals surface area contributed by atoms with Crippen molar-refractivity contribution in [2.24, 2.45) is 0 Å². The van der Waals surface area contributed by atoms with Gasteiger partial charge in [-0.25, -0.2) is 0 Å². The van der Waals surface area contributed by atoms with Crippen LogP contribution in [0.25, 0.3) is 0 Å². The van der Waals surface area contributed by atoms with Gasteiger partial charge < -0.3 is 24.3 Å². The molecule has 140 valence electrons. The van der Waals surface area contributed by atoms with Crippen LogP contribution in [0.3, 0.4) is 0 Å². The Bertz CT molecular complexity index is 704. The molecule has 2 aromatic carbocycles. The molecule has 0 aliphatic rings. The number of hydrogen-bond donors (Lipinski definition) is 1. The van der Waals surface area contributed by atoms with Crippen LogP contribution in [0.4, 0.5) is 0 Å². The maximum Gasteiger partial charge on any atom is 0.261 e. The van der Waals surface area contributed by atoms with Gasteiger partial charge in [-0.2, -0.15) is 0 Å². The van der Waals surface area contributed by atoms with Crippen molar-refractivity contribution in [2.45, 2.75) is 19.4 Å². The number of methoxy groups -OCH3 is 2. The fraction of sp³-hybridized carbons (Fsp3) is 0.350. The van der Waals surface area contributed by atoms with Gasteiger partial charge >= 0.3 is 0 Å². The first-order valence-corrected chi connectivity index (χ1v) is 8.52. The number of ether oxygens (including phenoxy) is 4. The van der Waals surface area contributed by atoms with E-state index in [0.717, 1.165) is 0 Å². The molecular formula is C20H25NO5. The molecule has 0 saturated heterocycles. The first-order valence-electron chi connectivity index (χ1n) is 8.52. The molecule has 1 amide bonds. The third kappa shape index (κ3) is 5.58. The van der Waals surface area contributed by atoms with Gasteiger partial charge in [0.2, 0.25) is 0 Å². The standard InChI is InChI=1S/C20H25NO5/c1-4-17(26-16-9-7-8-15(14-16)23-2)20(22)21-12-13-25-19-11-6-5-10-18(19)24-3/h5-11,14,17H,4,12-13H2,1-3H3,(H,21,22)/t17-/m0/s1. The molecule has 2 rings (SSSR count). The van der Waals surface area contributed by atoms with Crippen molar-refractivity contribution in [2.75, 3.05) is 27.4 Å². The Labute approximate surface area is 154 Å². The molecule has 0 aromatic heterocycles. The maximum absolute atomic E-state index is 12.3. The first-order chi connectivity index (χ1) is 12.7. The van der Waals surface area contributed by atoms with Gasteiger partial charge in [0.05, 0.1) is 20.8 Å². The number of rotatable bonds is 10. The molecule has 0 aliphatic heterocycles. The highest BCUT2D eigenvalue weighted by Gasteiger charge is 2.18. The van der Waals surface area contributed by atoms with Crippen molar-refractivity contribution in [3.05, 3.63) is 48.5 Å². The minimum atomic E-state index is -0.576. The van der Waals surface area contributed by atoms with Crippen LogP contribution in [0.2, 0.25) is 0 Å². The second kappa shape index (κ2) is 10.2. The van der Waals surface area contributed by atoms with Gasteiger partial charge in [0, 0.05) is 6.07 Å². The summed E-state index contributed by atoms with van der Waals surface area (Å²) in [6.45, 7) is 2.60. The van der Waals surface area contributed by atoms with Gasteiger partial charge in [0.15, 0.2) is 17.6 Å². The normalized spacial score (nSPS) is 11.3. The quantitative estimate of drug-likeness (QED) is 0.661. The second-order valence-electron chi connectivity index (χ2n) is 5.48. The molecule has 0 aliphatic carbocycles. The zero-order valence-corrected chi connectivity index (χ0v) is 15.4. The van der Waals surface area contributed by atoms with E-state index >= 15 is 0 Å². The molecule has 1 atom stereocenters. The van der Waals surface area contributed by atoms with E-state index in [9.17, 15) is 4.79 Å². The monoisotopic (exact) mass is 359 g/mol. The lowest BCUT2D eigenvalue weighted by Gasteiger charge is -2.18. The Kier molecular flexibility index (Phi) is 7.61. The zero-order valence-electron chi connectivity index (χ0n) is 15.4. The number of hydrogen-bond acceptors (Lipinski definition) is 5. The molecular weight excluding hydrogens is 334 g/mol. The molecule has 0 unspecified atom stereocenters. The molecule has 26 heavy (non-hydrogen) atoms. The van der Waals surface area contributed by atoms with Crippen LogP contribution in [0.5, 0.6) is 23.0 Å². The van der Waals surface area contributed by atoms with Gasteiger partial charge in [0.25, 0.3) is 5.91 Å². The fourth-order valence-corrected chi connectivity index (χ4v) is 2.35. The van der Waals surface area contributed by atoms with E-state index in [1.165, 1.54) is 0 Å². The highest BCUT2D eigenvalue weighted by Crippen LogP contribution is 2.25. The van der Waals surface area contributed by atoms with Crippen LogP contribution < -0.4 is 24.3 Å². The van der Waals surface area contributed by atoms with Gasteiger partial charge in [0.1, 0.15) is 18.1 Å². The van der Waals surface area contributed by atoms with Crippen molar-refractivity contribution >= 4 is 5.91 Å². The van der Waals surface area contributed by atoms with E-state index in [0.29, 0.717) is 42.6 Å². The fourth-order valence-electron chi connectivity index (χ4n) is 2.35. The number of carbonyl (C=O) groups is 1. The van der Waals surface area contributed by atoms with E-state index < -0.39 is 6.10 Å². The van der Waals surface area contributed by atoms with E-state index in [-0.39, 0.29) is 5.91 Å². The molecule has 1 N–H and O–H groups in total. The van der Waals surface area contributed by atoms with Gasteiger partial charge in [-0.15, -0.1) is 0 Å². The number of benzene rings is 2. The summed E-state index contributed by atoms with van der Waals surface area (Å²) in [4.78, 5) is 12.3. The average molecular weight is 359 g/mol. The lowest BCUT2D eigenvalue weighted by Crippen LogP contribution is -2.39. The summed E-state index contributed by atoms with van der Waals surface area (Å²) in [6.07, 6.45) is -0.0236. The third-order valence-electron chi connectivity index (χ3n) is 3.71. The minimum absolute atomic E-state index is 0.182. The highest BCUT2D eigenvalue weighted by molar-refractivity contribution is 5.81. The van der Waals surface area contributed by atoms with Gasteiger partial charge in [-0.05, 0) is 30.7 Å². The molecule has 0 spiro atoms. The van der Waals surface area contributed by atoms with Crippen molar-refractivity contribution < 1.29 is 23.7 Å². The molecule has 0 bridgehead atoms. The van der Waals surface area contributed by atoms with Gasteiger partial charge in [-0.1, -0.05) is 25.1 Å². The summed E-state index contributed by atoms with van der Waals surface area (Å²) in [5.41, 5.74) is 0. The second-order valence-corrected chi connectivity index (χ2v) is 5.48. The smallest absolute Gasteiger partial charge is 0.261 e. The van der Waals surface area contributed by atoms with E-state index in [2.05, 4.69) is 5.32 Å². The number of nitrogens with one attached hydrogen (secondary N) is 1. The van der Waals surface area contributed by atoms with Crippen LogP contribution in [-0.2, 0) is 4.79 Å². The highest BCUT2D eigenvalue weighted by atomic mass is 16.5. The summed E-state index contributed by atoms with van der Waals surface area (Å²) in [7, 11) is 3.18. The number of amides is 1. The largest absolute Gasteiger partial charge is 0.497 e. The number of carbonyl (C=O) groups excluding carboxylic acids is 1. The van der Waals surface area contributed by atoms with Gasteiger partial charge in [-0.3, -0.25) is 4.79 Å². The Hall–Kier alpha value is -2.89. The minimum Gasteiger partial charge on any atom is -0.497 e. The Morgan fingerprint density at radius 3 is 2.42 bits per heavy atom. The molecule has 6 nitrogen and oxygen atoms in total. The predicted octanol–water partition coefficient (Wildman–Crippen LogP) is 3.06. The zero-order chi connectivity index (χ0) is 18.8. The summed E-state index contributed by atoms with van der Waals surface area (Å²) >= 11 is 0. The maximum atomic E-state index is 12.3. The molecule has 2 aromatic rings. The molecule has 0 fully saturated rings. The van der Waals surface area contributed by atoms with E-state index in [1.807, 2.05) is 43.3 Å². The first kappa shape index (κ1) is 19.4. The van der Waals surface area contributed by atoms with Crippen molar-refractivity contribution in [1.29, 1.82) is 0 Å². The average Bonchev–Trinajstić information content (AvgIpc) is 2.69. The summed E-state index contributed by atoms with van der Waals surface area (Å²) in [5.74, 6) is 2.40. The van der Waals surface area contributed by atoms with Crippen LogP contribution in [0.15, 0.2) is 48.5 Å². The SMILES string of the molecule is CC[C@H](Oc1cccc(OC)c1)C(=O)NCCOc1ccccc1OC. The Morgan fingerprint density at radius 1 is 1.00 bits per heavy atom. The summed E-state index contributed by atoms with van der Waals surface area (Å²) in [5, 5.41) is 2.83. The third-order valence-corrected chi connectivity index (χ3v) is 3.71. The van der Waals surface area contributed by atoms with Crippen LogP contribution in [0.1, 0.15) is 13.3 Å². The van der Waals surface area contributed by atoms with Crippen molar-refractivity contribution in [3.8, 4) is 23.0 Å². The molecule has 0 saturated carbocycles. The Morgan fingerprint density at radius 2 is 1.73 bits per heavy atom. The number of para-hydroxylation sites is 2. The van der Waals surface area contributed by atoms with Crippen molar-refractivity contribution in [3.63, 3.8) is 0 Å². The van der Waals surface area contributed by atoms with Crippen LogP contribution in [-0.4, -0.2) is 39.4 Å². The Balaban J connectivity index is 1.81. The summed E-state index contributed by atoms with van der Waals surface area (Å²) in [6, 6.07) is 14.6. The van der Waals surface area contributed by atoms with E-state index in [4.69, 9.17) is 18.9 Å². The molecule has 0 heterocycles. The summed E-state index contributed by atoms with van der Waals surface area (Å²) < 4.78 is 21.8. The molecule has 0 radical (unpaired) electrons. The van der Waals surface area contributed by atoms with Crippen molar-refractivity contribution in [1.82, 2.24) is 5.32 Å². The molecule has 6 heteroatoms. The topological polar surface area (TPSA) is 66.0 Å². The van der Waals surface area contributed by atoms with Crippen LogP contribution in [0, 0.1) is 0 Å². The van der Waals surface area contributed by atoms with Crippen LogP contribution >= 0.6 is 0 Å². The predicted molar refractivity (Wildman–Crippen MR) is 99.2 cm³/mol. The van der Waals surface area contributed by atoms with E-state index in [1.54, 1.807) is 26.4 Å². The lowest BCUT2D eigenvalue weighted by molar-refractivity contribution is -0.128. The lowest BCUT2D eigenvalue weighted by atomic mass is 10.2.